The van der Waals surface area contributed by atoms with E-state index in [0.717, 1.165) is 11.1 Å². The number of carboxylic acid groups (broad SMARTS) is 1. The zero-order valence-electron chi connectivity index (χ0n) is 18.3. The highest BCUT2D eigenvalue weighted by Crippen LogP contribution is 2.23. The molecule has 2 aromatic carbocycles. The molecule has 0 aliphatic rings. The van der Waals surface area contributed by atoms with Crippen molar-refractivity contribution in [2.45, 2.75) is 51.3 Å². The zero-order chi connectivity index (χ0) is 23.3. The third-order valence-corrected chi connectivity index (χ3v) is 5.10. The van der Waals surface area contributed by atoms with Gasteiger partial charge in [0.2, 0.25) is 5.91 Å². The Morgan fingerprint density at radius 3 is 2.41 bits per heavy atom. The second kappa shape index (κ2) is 13.1. The lowest BCUT2D eigenvalue weighted by atomic mass is 9.92. The minimum Gasteiger partial charge on any atom is -0.481 e. The van der Waals surface area contributed by atoms with Crippen LogP contribution in [0.2, 0.25) is 0 Å². The minimum absolute atomic E-state index is 0.191. The molecule has 0 spiro atoms. The highest BCUT2D eigenvalue weighted by Gasteiger charge is 2.21. The third kappa shape index (κ3) is 8.03. The quantitative estimate of drug-likeness (QED) is 0.375. The van der Waals surface area contributed by atoms with Crippen LogP contribution in [0.15, 0.2) is 54.6 Å². The molecule has 172 valence electrons. The van der Waals surface area contributed by atoms with Gasteiger partial charge in [-0.15, -0.1) is 0 Å². The molecule has 2 unspecified atom stereocenters. The van der Waals surface area contributed by atoms with E-state index in [1.807, 2.05) is 43.3 Å². The van der Waals surface area contributed by atoms with Crippen molar-refractivity contribution in [1.82, 2.24) is 10.6 Å². The van der Waals surface area contributed by atoms with Gasteiger partial charge in [0.1, 0.15) is 6.61 Å². The van der Waals surface area contributed by atoms with Gasteiger partial charge in [-0.1, -0.05) is 61.5 Å². The summed E-state index contributed by atoms with van der Waals surface area (Å²) in [6.45, 7) is 2.55. The van der Waals surface area contributed by atoms with Crippen molar-refractivity contribution in [3.8, 4) is 0 Å². The molecule has 0 saturated heterocycles. The van der Waals surface area contributed by atoms with E-state index in [4.69, 9.17) is 10.5 Å². The lowest BCUT2D eigenvalue weighted by Gasteiger charge is -2.17. The normalized spacial score (nSPS) is 12.4. The first kappa shape index (κ1) is 24.9. The molecule has 0 aliphatic heterocycles. The van der Waals surface area contributed by atoms with Gasteiger partial charge in [-0.3, -0.25) is 9.59 Å². The average molecular weight is 442 g/mol. The molecule has 0 bridgehead atoms. The molecule has 2 amide bonds. The summed E-state index contributed by atoms with van der Waals surface area (Å²) in [5, 5.41) is 14.8. The Morgan fingerprint density at radius 1 is 1.03 bits per heavy atom. The van der Waals surface area contributed by atoms with Crippen molar-refractivity contribution in [3.05, 3.63) is 71.3 Å². The lowest BCUT2D eigenvalue weighted by molar-refractivity contribution is -0.138. The van der Waals surface area contributed by atoms with Crippen LogP contribution in [0.1, 0.15) is 48.8 Å². The minimum atomic E-state index is -0.891. The number of alkyl carbamates (subject to hydrolysis) is 1. The number of carboxylic acids is 1. The molecule has 5 N–H and O–H groups in total. The van der Waals surface area contributed by atoms with Crippen molar-refractivity contribution in [1.29, 1.82) is 0 Å². The Morgan fingerprint density at radius 2 is 1.72 bits per heavy atom. The van der Waals surface area contributed by atoms with Crippen LogP contribution in [0, 0.1) is 0 Å². The lowest BCUT2D eigenvalue weighted by Crippen LogP contribution is -2.41. The summed E-state index contributed by atoms with van der Waals surface area (Å²) >= 11 is 0. The van der Waals surface area contributed by atoms with Crippen LogP contribution in [-0.4, -0.2) is 35.7 Å². The van der Waals surface area contributed by atoms with Gasteiger partial charge in [-0.2, -0.15) is 0 Å². The largest absolute Gasteiger partial charge is 0.481 e. The molecular formula is C24H31N3O5. The molecule has 32 heavy (non-hydrogen) atoms. The van der Waals surface area contributed by atoms with Crippen LogP contribution in [0.3, 0.4) is 0 Å². The van der Waals surface area contributed by atoms with E-state index in [1.54, 1.807) is 18.2 Å². The SMILES string of the molecule is CCC(C(=O)O)c1ccccc1CNC(=O)C(N)CCCNC(=O)OCc1ccccc1. The highest BCUT2D eigenvalue weighted by atomic mass is 16.5. The molecular weight excluding hydrogens is 410 g/mol. The van der Waals surface area contributed by atoms with Crippen LogP contribution in [0.5, 0.6) is 0 Å². The number of nitrogens with one attached hydrogen (secondary N) is 2. The number of amides is 2. The Balaban J connectivity index is 1.70. The number of hydrogen-bond acceptors (Lipinski definition) is 5. The molecule has 2 atom stereocenters. The monoisotopic (exact) mass is 441 g/mol. The number of nitrogens with two attached hydrogens (primary N) is 1. The van der Waals surface area contributed by atoms with Crippen LogP contribution >= 0.6 is 0 Å². The smallest absolute Gasteiger partial charge is 0.407 e. The van der Waals surface area contributed by atoms with Gasteiger partial charge in [-0.25, -0.2) is 4.79 Å². The average Bonchev–Trinajstić information content (AvgIpc) is 2.80. The Bertz CT molecular complexity index is 888. The van der Waals surface area contributed by atoms with Gasteiger partial charge in [0.25, 0.3) is 0 Å². The summed E-state index contributed by atoms with van der Waals surface area (Å²) in [5.41, 5.74) is 8.30. The number of benzene rings is 2. The molecule has 0 fully saturated rings. The van der Waals surface area contributed by atoms with E-state index in [2.05, 4.69) is 10.6 Å². The summed E-state index contributed by atoms with van der Waals surface area (Å²) < 4.78 is 5.12. The van der Waals surface area contributed by atoms with Gasteiger partial charge in [0.05, 0.1) is 12.0 Å². The summed E-state index contributed by atoms with van der Waals surface area (Å²) in [5.74, 6) is -1.84. The van der Waals surface area contributed by atoms with Crippen molar-refractivity contribution in [2.75, 3.05) is 6.54 Å². The van der Waals surface area contributed by atoms with Gasteiger partial charge >= 0.3 is 12.1 Å². The number of hydrogen-bond donors (Lipinski definition) is 4. The van der Waals surface area contributed by atoms with Gasteiger partial charge in [0.15, 0.2) is 0 Å². The Kier molecular flexibility index (Phi) is 10.2. The second-order valence-electron chi connectivity index (χ2n) is 7.45. The summed E-state index contributed by atoms with van der Waals surface area (Å²) in [7, 11) is 0. The number of carbonyl (C=O) groups is 3. The molecule has 0 aromatic heterocycles. The Labute approximate surface area is 188 Å². The molecule has 8 heteroatoms. The highest BCUT2D eigenvalue weighted by molar-refractivity contribution is 5.81. The summed E-state index contributed by atoms with van der Waals surface area (Å²) in [6.07, 6.45) is 0.842. The maximum atomic E-state index is 12.3. The van der Waals surface area contributed by atoms with Gasteiger partial charge in [-0.05, 0) is 36.0 Å². The van der Waals surface area contributed by atoms with Crippen molar-refractivity contribution < 1.29 is 24.2 Å². The molecule has 0 radical (unpaired) electrons. The number of ether oxygens (including phenoxy) is 1. The molecule has 8 nitrogen and oxygen atoms in total. The van der Waals surface area contributed by atoms with E-state index in [-0.39, 0.29) is 19.1 Å². The van der Waals surface area contributed by atoms with E-state index < -0.39 is 24.0 Å². The number of rotatable bonds is 12. The first-order valence-electron chi connectivity index (χ1n) is 10.7. The predicted molar refractivity (Wildman–Crippen MR) is 121 cm³/mol. The fourth-order valence-electron chi connectivity index (χ4n) is 3.29. The van der Waals surface area contributed by atoms with Crippen LogP contribution in [0.25, 0.3) is 0 Å². The molecule has 2 rings (SSSR count). The van der Waals surface area contributed by atoms with Crippen LogP contribution in [0.4, 0.5) is 4.79 Å². The van der Waals surface area contributed by atoms with Crippen LogP contribution < -0.4 is 16.4 Å². The standard InChI is InChI=1S/C24H31N3O5/c1-2-19(23(29)30)20-12-7-6-11-18(20)15-27-22(28)21(25)13-8-14-26-24(31)32-16-17-9-4-3-5-10-17/h3-7,9-12,19,21H,2,8,13-16,25H2,1H3,(H,26,31)(H,27,28)(H,29,30). The van der Waals surface area contributed by atoms with Crippen molar-refractivity contribution in [3.63, 3.8) is 0 Å². The van der Waals surface area contributed by atoms with E-state index in [9.17, 15) is 19.5 Å². The maximum Gasteiger partial charge on any atom is 0.407 e. The maximum absolute atomic E-state index is 12.3. The summed E-state index contributed by atoms with van der Waals surface area (Å²) in [4.78, 5) is 35.5. The van der Waals surface area contributed by atoms with Gasteiger partial charge < -0.3 is 26.2 Å². The number of carbonyl (C=O) groups excluding carboxylic acids is 2. The fourth-order valence-corrected chi connectivity index (χ4v) is 3.29. The predicted octanol–water partition coefficient (Wildman–Crippen LogP) is 2.91. The van der Waals surface area contributed by atoms with E-state index in [1.165, 1.54) is 0 Å². The molecule has 0 saturated carbocycles. The third-order valence-electron chi connectivity index (χ3n) is 5.10. The molecule has 0 heterocycles. The first-order chi connectivity index (χ1) is 15.4. The fraction of sp³-hybridized carbons (Fsp3) is 0.375. The zero-order valence-corrected chi connectivity index (χ0v) is 18.3. The van der Waals surface area contributed by atoms with E-state index >= 15 is 0 Å². The molecule has 2 aromatic rings. The van der Waals surface area contributed by atoms with Crippen LogP contribution in [-0.2, 0) is 27.5 Å². The first-order valence-corrected chi connectivity index (χ1v) is 10.7. The summed E-state index contributed by atoms with van der Waals surface area (Å²) in [6, 6.07) is 15.8. The van der Waals surface area contributed by atoms with E-state index in [0.29, 0.717) is 31.4 Å². The second-order valence-corrected chi connectivity index (χ2v) is 7.45. The van der Waals surface area contributed by atoms with Crippen molar-refractivity contribution >= 4 is 18.0 Å². The molecule has 0 aliphatic carbocycles. The van der Waals surface area contributed by atoms with Gasteiger partial charge in [0, 0.05) is 13.1 Å². The topological polar surface area (TPSA) is 131 Å². The number of aliphatic carboxylic acids is 1. The Hall–Kier alpha value is -3.39. The van der Waals surface area contributed by atoms with Crippen molar-refractivity contribution in [2.24, 2.45) is 5.73 Å².